The lowest BCUT2D eigenvalue weighted by Crippen LogP contribution is -2.57. The summed E-state index contributed by atoms with van der Waals surface area (Å²) in [5.74, 6) is 1.22. The maximum atomic E-state index is 13.4. The van der Waals surface area contributed by atoms with Crippen LogP contribution in [0, 0.1) is 11.8 Å². The summed E-state index contributed by atoms with van der Waals surface area (Å²) in [5.41, 5.74) is 11.1. The van der Waals surface area contributed by atoms with E-state index in [1.54, 1.807) is 30.7 Å². The molecule has 2 saturated heterocycles. The van der Waals surface area contributed by atoms with Crippen LogP contribution in [0.15, 0.2) is 61.2 Å². The Hall–Kier alpha value is -4.19. The number of anilines is 3. The van der Waals surface area contributed by atoms with Crippen LogP contribution >= 0.6 is 0 Å². The molecule has 11 nitrogen and oxygen atoms in total. The SMILES string of the molecule is NC1CN(c2ccncc2NC(=O)c2ccc3ncc(-c4ccc(N5CCOCC5)nc4)cc3n2)CC(C2CC2)C1O. The zero-order valence-electron chi connectivity index (χ0n) is 23.3. The molecule has 216 valence electrons. The fourth-order valence-electron chi connectivity index (χ4n) is 6.04. The molecule has 1 amide bonds. The largest absolute Gasteiger partial charge is 0.391 e. The minimum absolute atomic E-state index is 0.125. The van der Waals surface area contributed by atoms with Gasteiger partial charge in [0.15, 0.2) is 0 Å². The molecule has 0 radical (unpaired) electrons. The number of fused-ring (bicyclic) bond motifs is 1. The molecule has 4 N–H and O–H groups in total. The van der Waals surface area contributed by atoms with Crippen molar-refractivity contribution in [3.8, 4) is 11.1 Å². The molecular formula is C31H34N8O3. The fourth-order valence-corrected chi connectivity index (χ4v) is 6.04. The predicted molar refractivity (Wildman–Crippen MR) is 160 cm³/mol. The summed E-state index contributed by atoms with van der Waals surface area (Å²) in [4.78, 5) is 35.9. The molecule has 11 heteroatoms. The first-order valence-corrected chi connectivity index (χ1v) is 14.5. The molecule has 1 aliphatic carbocycles. The van der Waals surface area contributed by atoms with Gasteiger partial charge in [0.05, 0.1) is 47.9 Å². The fraction of sp³-hybridized carbons (Fsp3) is 0.387. The molecule has 1 saturated carbocycles. The third-order valence-corrected chi connectivity index (χ3v) is 8.54. The van der Waals surface area contributed by atoms with Crippen LogP contribution < -0.4 is 20.9 Å². The van der Waals surface area contributed by atoms with Gasteiger partial charge in [0.25, 0.3) is 5.91 Å². The van der Waals surface area contributed by atoms with E-state index < -0.39 is 6.10 Å². The Labute approximate surface area is 243 Å². The van der Waals surface area contributed by atoms with Crippen LogP contribution in [-0.2, 0) is 4.74 Å². The minimum atomic E-state index is -0.507. The monoisotopic (exact) mass is 566 g/mol. The molecule has 42 heavy (non-hydrogen) atoms. The third-order valence-electron chi connectivity index (χ3n) is 8.54. The highest BCUT2D eigenvalue weighted by Gasteiger charge is 2.43. The molecule has 7 rings (SSSR count). The highest BCUT2D eigenvalue weighted by Crippen LogP contribution is 2.42. The number of aliphatic hydroxyl groups excluding tert-OH is 1. The number of piperidine rings is 1. The van der Waals surface area contributed by atoms with E-state index in [-0.39, 0.29) is 23.6 Å². The second-order valence-corrected chi connectivity index (χ2v) is 11.4. The highest BCUT2D eigenvalue weighted by atomic mass is 16.5. The van der Waals surface area contributed by atoms with Crippen molar-refractivity contribution in [2.45, 2.75) is 25.0 Å². The van der Waals surface area contributed by atoms with E-state index in [0.717, 1.165) is 48.6 Å². The van der Waals surface area contributed by atoms with Crippen molar-refractivity contribution in [3.05, 3.63) is 66.9 Å². The van der Waals surface area contributed by atoms with Gasteiger partial charge in [-0.3, -0.25) is 14.8 Å². The molecule has 3 aliphatic rings. The van der Waals surface area contributed by atoms with Crippen LogP contribution in [0.3, 0.4) is 0 Å². The lowest BCUT2D eigenvalue weighted by atomic mass is 9.87. The van der Waals surface area contributed by atoms with Gasteiger partial charge in [-0.05, 0) is 55.2 Å². The van der Waals surface area contributed by atoms with E-state index in [1.807, 2.05) is 30.5 Å². The minimum Gasteiger partial charge on any atom is -0.391 e. The molecule has 0 spiro atoms. The molecular weight excluding hydrogens is 532 g/mol. The Balaban J connectivity index is 1.10. The van der Waals surface area contributed by atoms with Gasteiger partial charge in [0.1, 0.15) is 11.5 Å². The third kappa shape index (κ3) is 5.38. The standard InChI is InChI=1S/C31H34N8O3/c32-23-18-39(17-22(30(23)40)19-1-2-19)28-7-8-33-16-27(28)37-31(41)25-5-4-24-26(36-25)13-21(15-34-24)20-3-6-29(35-14-20)38-9-11-42-12-10-38/h3-8,13-16,19,22-23,30,40H,1-2,9-12,17-18,32H2,(H,37,41). The van der Waals surface area contributed by atoms with E-state index in [2.05, 4.69) is 35.1 Å². The molecule has 2 aliphatic heterocycles. The van der Waals surface area contributed by atoms with Gasteiger partial charge in [0.2, 0.25) is 0 Å². The molecule has 6 heterocycles. The van der Waals surface area contributed by atoms with Crippen molar-refractivity contribution >= 4 is 34.1 Å². The number of hydrogen-bond donors (Lipinski definition) is 3. The number of morpholine rings is 1. The number of nitrogens with one attached hydrogen (secondary N) is 1. The molecule has 4 aromatic rings. The van der Waals surface area contributed by atoms with Gasteiger partial charge >= 0.3 is 0 Å². The van der Waals surface area contributed by atoms with Crippen molar-refractivity contribution < 1.29 is 14.6 Å². The number of aliphatic hydroxyl groups is 1. The molecule has 4 aromatic heterocycles. The number of carbonyl (C=O) groups is 1. The topological polar surface area (TPSA) is 143 Å². The summed E-state index contributed by atoms with van der Waals surface area (Å²) < 4.78 is 5.44. The summed E-state index contributed by atoms with van der Waals surface area (Å²) in [5, 5.41) is 13.7. The molecule has 3 atom stereocenters. The number of pyridine rings is 4. The Morgan fingerprint density at radius 2 is 1.79 bits per heavy atom. The number of rotatable bonds is 6. The lowest BCUT2D eigenvalue weighted by Gasteiger charge is -2.42. The average Bonchev–Trinajstić information content (AvgIpc) is 3.88. The van der Waals surface area contributed by atoms with E-state index in [0.29, 0.717) is 48.9 Å². The highest BCUT2D eigenvalue weighted by molar-refractivity contribution is 6.05. The number of nitrogens with zero attached hydrogens (tertiary/aromatic N) is 6. The smallest absolute Gasteiger partial charge is 0.274 e. The molecule has 3 unspecified atom stereocenters. The zero-order valence-corrected chi connectivity index (χ0v) is 23.3. The summed E-state index contributed by atoms with van der Waals surface area (Å²) in [6.07, 6.45) is 8.74. The van der Waals surface area contributed by atoms with Gasteiger partial charge in [-0.25, -0.2) is 9.97 Å². The predicted octanol–water partition coefficient (Wildman–Crippen LogP) is 2.71. The van der Waals surface area contributed by atoms with Crippen molar-refractivity contribution in [1.29, 1.82) is 0 Å². The Morgan fingerprint density at radius 3 is 2.57 bits per heavy atom. The van der Waals surface area contributed by atoms with E-state index in [9.17, 15) is 9.90 Å². The first kappa shape index (κ1) is 26.7. The summed E-state index contributed by atoms with van der Waals surface area (Å²) >= 11 is 0. The van der Waals surface area contributed by atoms with Gasteiger partial charge in [-0.15, -0.1) is 0 Å². The van der Waals surface area contributed by atoms with Gasteiger partial charge < -0.3 is 30.7 Å². The number of hydrogen-bond acceptors (Lipinski definition) is 10. The van der Waals surface area contributed by atoms with E-state index >= 15 is 0 Å². The molecule has 3 fully saturated rings. The van der Waals surface area contributed by atoms with Crippen LogP contribution in [-0.4, -0.2) is 82.5 Å². The van der Waals surface area contributed by atoms with Crippen molar-refractivity contribution in [1.82, 2.24) is 19.9 Å². The number of ether oxygens (including phenoxy) is 1. The van der Waals surface area contributed by atoms with Crippen LogP contribution in [0.2, 0.25) is 0 Å². The van der Waals surface area contributed by atoms with Gasteiger partial charge in [-0.1, -0.05) is 0 Å². The summed E-state index contributed by atoms with van der Waals surface area (Å²) in [7, 11) is 0. The average molecular weight is 567 g/mol. The summed E-state index contributed by atoms with van der Waals surface area (Å²) in [6, 6.07) is 11.0. The first-order chi connectivity index (χ1) is 20.5. The lowest BCUT2D eigenvalue weighted by molar-refractivity contribution is 0.0594. The Kier molecular flexibility index (Phi) is 7.14. The molecule has 0 aromatic carbocycles. The van der Waals surface area contributed by atoms with Crippen LogP contribution in [0.4, 0.5) is 17.2 Å². The zero-order chi connectivity index (χ0) is 28.6. The van der Waals surface area contributed by atoms with Crippen LogP contribution in [0.25, 0.3) is 22.2 Å². The van der Waals surface area contributed by atoms with E-state index in [1.165, 1.54) is 0 Å². The van der Waals surface area contributed by atoms with Crippen molar-refractivity contribution in [2.75, 3.05) is 54.5 Å². The number of amides is 1. The summed E-state index contributed by atoms with van der Waals surface area (Å²) in [6.45, 7) is 4.27. The maximum absolute atomic E-state index is 13.4. The first-order valence-electron chi connectivity index (χ1n) is 14.5. The van der Waals surface area contributed by atoms with Crippen LogP contribution in [0.1, 0.15) is 23.3 Å². The second-order valence-electron chi connectivity index (χ2n) is 11.4. The number of carbonyl (C=O) groups excluding carboxylic acids is 1. The molecule has 0 bridgehead atoms. The van der Waals surface area contributed by atoms with Gasteiger partial charge in [0, 0.05) is 67.9 Å². The normalized spacial score (nSPS) is 22.8. The number of nitrogens with two attached hydrogens (primary N) is 1. The van der Waals surface area contributed by atoms with E-state index in [4.69, 9.17) is 10.5 Å². The van der Waals surface area contributed by atoms with Gasteiger partial charge in [-0.2, -0.15) is 0 Å². The van der Waals surface area contributed by atoms with Crippen LogP contribution in [0.5, 0.6) is 0 Å². The number of aromatic nitrogens is 4. The van der Waals surface area contributed by atoms with Crippen molar-refractivity contribution in [2.24, 2.45) is 17.6 Å². The second kappa shape index (κ2) is 11.2. The Morgan fingerprint density at radius 1 is 0.952 bits per heavy atom. The van der Waals surface area contributed by atoms with Crippen molar-refractivity contribution in [3.63, 3.8) is 0 Å². The Bertz CT molecular complexity index is 1590. The maximum Gasteiger partial charge on any atom is 0.274 e. The quantitative estimate of drug-likeness (QED) is 0.319.